The van der Waals surface area contributed by atoms with E-state index in [9.17, 15) is 0 Å². The average Bonchev–Trinajstić information content (AvgIpc) is 2.41. The van der Waals surface area contributed by atoms with E-state index in [2.05, 4.69) is 28.6 Å². The van der Waals surface area contributed by atoms with Crippen LogP contribution in [0.25, 0.3) is 0 Å². The van der Waals surface area contributed by atoms with Crippen molar-refractivity contribution in [3.63, 3.8) is 0 Å². The first-order chi connectivity index (χ1) is 9.28. The van der Waals surface area contributed by atoms with E-state index in [0.29, 0.717) is 0 Å². The third kappa shape index (κ3) is 4.80. The van der Waals surface area contributed by atoms with Gasteiger partial charge in [0.15, 0.2) is 0 Å². The Morgan fingerprint density at radius 1 is 1.16 bits per heavy atom. The molecule has 0 amide bonds. The van der Waals surface area contributed by atoms with Gasteiger partial charge in [0.05, 0.1) is 0 Å². The van der Waals surface area contributed by atoms with Gasteiger partial charge in [0.25, 0.3) is 0 Å². The Labute approximate surface area is 116 Å². The summed E-state index contributed by atoms with van der Waals surface area (Å²) in [5.74, 6) is 0.740. The van der Waals surface area contributed by atoms with E-state index >= 15 is 0 Å². The average molecular weight is 263 g/mol. The molecule has 1 aromatic heterocycles. The van der Waals surface area contributed by atoms with Gasteiger partial charge in [-0.3, -0.25) is 4.90 Å². The number of piperazine rings is 1. The summed E-state index contributed by atoms with van der Waals surface area (Å²) in [6, 6.07) is 3.97. The van der Waals surface area contributed by atoms with Crippen molar-refractivity contribution in [1.29, 1.82) is 0 Å². The number of nitrogens with zero attached hydrogens (tertiary/aromatic N) is 3. The smallest absolute Gasteiger partial charge is 0.213 e. The van der Waals surface area contributed by atoms with Gasteiger partial charge in [0.2, 0.25) is 5.88 Å². The van der Waals surface area contributed by atoms with Crippen molar-refractivity contribution in [3.8, 4) is 5.88 Å². The highest BCUT2D eigenvalue weighted by molar-refractivity contribution is 5.18. The van der Waals surface area contributed by atoms with Crippen LogP contribution in [-0.2, 0) is 0 Å². The lowest BCUT2D eigenvalue weighted by molar-refractivity contribution is 0.116. The second kappa shape index (κ2) is 7.46. The molecule has 0 atom stereocenters. The summed E-state index contributed by atoms with van der Waals surface area (Å²) in [5, 5.41) is 0. The number of hydrogen-bond acceptors (Lipinski definition) is 4. The number of hydrogen-bond donors (Lipinski definition) is 0. The van der Waals surface area contributed by atoms with Crippen LogP contribution in [0.2, 0.25) is 0 Å². The molecule has 1 aliphatic heterocycles. The van der Waals surface area contributed by atoms with E-state index in [0.717, 1.165) is 32.1 Å². The van der Waals surface area contributed by atoms with Crippen molar-refractivity contribution < 1.29 is 4.74 Å². The second-order valence-electron chi connectivity index (χ2n) is 5.20. The Balaban J connectivity index is 1.64. The molecule has 2 rings (SSSR count). The van der Waals surface area contributed by atoms with Crippen molar-refractivity contribution in [2.24, 2.45) is 0 Å². The molecule has 0 bridgehead atoms. The van der Waals surface area contributed by atoms with E-state index < -0.39 is 0 Å². The van der Waals surface area contributed by atoms with Crippen LogP contribution in [0.1, 0.15) is 18.9 Å². The third-order valence-electron chi connectivity index (χ3n) is 3.55. The zero-order valence-corrected chi connectivity index (χ0v) is 12.1. The van der Waals surface area contributed by atoms with Crippen LogP contribution < -0.4 is 4.74 Å². The Hall–Kier alpha value is -1.13. The van der Waals surface area contributed by atoms with Crippen LogP contribution >= 0.6 is 0 Å². The first-order valence-corrected chi connectivity index (χ1v) is 7.28. The van der Waals surface area contributed by atoms with Gasteiger partial charge >= 0.3 is 0 Å². The summed E-state index contributed by atoms with van der Waals surface area (Å²) in [4.78, 5) is 9.22. The van der Waals surface area contributed by atoms with Gasteiger partial charge < -0.3 is 9.64 Å². The lowest BCUT2D eigenvalue weighted by Crippen LogP contribution is -2.47. The molecule has 19 heavy (non-hydrogen) atoms. The lowest BCUT2D eigenvalue weighted by atomic mass is 10.3. The molecule has 1 saturated heterocycles. The van der Waals surface area contributed by atoms with E-state index in [-0.39, 0.29) is 0 Å². The minimum absolute atomic E-state index is 0.726. The summed E-state index contributed by atoms with van der Waals surface area (Å²) >= 11 is 0. The first kappa shape index (κ1) is 14.3. The molecule has 1 aliphatic rings. The van der Waals surface area contributed by atoms with Crippen molar-refractivity contribution in [3.05, 3.63) is 23.9 Å². The monoisotopic (exact) mass is 263 g/mol. The van der Waals surface area contributed by atoms with Gasteiger partial charge in [-0.2, -0.15) is 0 Å². The zero-order chi connectivity index (χ0) is 13.5. The maximum absolute atomic E-state index is 5.70. The van der Waals surface area contributed by atoms with Gasteiger partial charge in [0.1, 0.15) is 6.61 Å². The van der Waals surface area contributed by atoms with Crippen LogP contribution in [0.5, 0.6) is 5.88 Å². The molecule has 0 radical (unpaired) electrons. The number of aryl methyl sites for hydroxylation is 1. The van der Waals surface area contributed by atoms with Crippen molar-refractivity contribution in [2.45, 2.75) is 20.3 Å². The Morgan fingerprint density at radius 3 is 2.47 bits per heavy atom. The fourth-order valence-corrected chi connectivity index (χ4v) is 2.42. The van der Waals surface area contributed by atoms with Crippen LogP contribution in [0, 0.1) is 6.92 Å². The fraction of sp³-hybridized carbons (Fsp3) is 0.667. The normalized spacial score (nSPS) is 17.6. The highest BCUT2D eigenvalue weighted by atomic mass is 16.5. The molecule has 0 N–H and O–H groups in total. The molecule has 0 spiro atoms. The minimum Gasteiger partial charge on any atom is -0.476 e. The highest BCUT2D eigenvalue weighted by Gasteiger charge is 2.15. The standard InChI is InChI=1S/C15H25N3O/c1-3-6-17-7-9-18(10-8-17)11-12-19-15-13-14(2)4-5-16-15/h4-5,13H,3,6-12H2,1-2H3. The van der Waals surface area contributed by atoms with Gasteiger partial charge in [-0.1, -0.05) is 6.92 Å². The third-order valence-corrected chi connectivity index (χ3v) is 3.55. The predicted molar refractivity (Wildman–Crippen MR) is 77.6 cm³/mol. The van der Waals surface area contributed by atoms with Gasteiger partial charge in [0, 0.05) is 45.0 Å². The molecule has 0 unspecified atom stereocenters. The maximum atomic E-state index is 5.70. The zero-order valence-electron chi connectivity index (χ0n) is 12.1. The minimum atomic E-state index is 0.726. The molecule has 4 heteroatoms. The van der Waals surface area contributed by atoms with Crippen LogP contribution in [0.3, 0.4) is 0 Å². The molecule has 106 valence electrons. The predicted octanol–water partition coefficient (Wildman–Crippen LogP) is 1.80. The summed E-state index contributed by atoms with van der Waals surface area (Å²) in [7, 11) is 0. The molecule has 4 nitrogen and oxygen atoms in total. The van der Waals surface area contributed by atoms with Crippen LogP contribution in [0.15, 0.2) is 18.3 Å². The molecule has 1 aromatic rings. The molecule has 1 fully saturated rings. The Bertz CT molecular complexity index is 375. The van der Waals surface area contributed by atoms with E-state index in [1.54, 1.807) is 6.20 Å². The quantitative estimate of drug-likeness (QED) is 0.782. The summed E-state index contributed by atoms with van der Waals surface area (Å²) in [6.07, 6.45) is 3.05. The van der Waals surface area contributed by atoms with E-state index in [1.807, 2.05) is 12.1 Å². The highest BCUT2D eigenvalue weighted by Crippen LogP contribution is 2.08. The van der Waals surface area contributed by atoms with Crippen molar-refractivity contribution in [2.75, 3.05) is 45.9 Å². The van der Waals surface area contributed by atoms with Crippen molar-refractivity contribution in [1.82, 2.24) is 14.8 Å². The van der Waals surface area contributed by atoms with E-state index in [1.165, 1.54) is 31.6 Å². The van der Waals surface area contributed by atoms with Gasteiger partial charge in [-0.15, -0.1) is 0 Å². The van der Waals surface area contributed by atoms with Crippen molar-refractivity contribution >= 4 is 0 Å². The molecule has 2 heterocycles. The Morgan fingerprint density at radius 2 is 1.84 bits per heavy atom. The summed E-state index contributed by atoms with van der Waals surface area (Å²) in [6.45, 7) is 12.0. The van der Waals surface area contributed by atoms with Gasteiger partial charge in [-0.05, 0) is 31.5 Å². The maximum Gasteiger partial charge on any atom is 0.213 e. The largest absolute Gasteiger partial charge is 0.476 e. The molecular formula is C15H25N3O. The number of rotatable bonds is 6. The lowest BCUT2D eigenvalue weighted by Gasteiger charge is -2.34. The molecule has 0 aromatic carbocycles. The summed E-state index contributed by atoms with van der Waals surface area (Å²) in [5.41, 5.74) is 1.19. The SMILES string of the molecule is CCCN1CCN(CCOc2cc(C)ccn2)CC1. The number of pyridine rings is 1. The topological polar surface area (TPSA) is 28.6 Å². The summed E-state index contributed by atoms with van der Waals surface area (Å²) < 4.78 is 5.70. The van der Waals surface area contributed by atoms with Crippen LogP contribution in [-0.4, -0.2) is 60.7 Å². The first-order valence-electron chi connectivity index (χ1n) is 7.28. The number of ether oxygens (including phenoxy) is 1. The molecule has 0 saturated carbocycles. The molecular weight excluding hydrogens is 238 g/mol. The Kier molecular flexibility index (Phi) is 5.61. The fourth-order valence-electron chi connectivity index (χ4n) is 2.42. The number of aromatic nitrogens is 1. The van der Waals surface area contributed by atoms with E-state index in [4.69, 9.17) is 4.74 Å². The van der Waals surface area contributed by atoms with Crippen LogP contribution in [0.4, 0.5) is 0 Å². The second-order valence-corrected chi connectivity index (χ2v) is 5.20. The molecule has 0 aliphatic carbocycles. The van der Waals surface area contributed by atoms with Gasteiger partial charge in [-0.25, -0.2) is 4.98 Å².